The maximum atomic E-state index is 14.9. The molecule has 1 aromatic carbocycles. The molecule has 0 radical (unpaired) electrons. The Morgan fingerprint density at radius 1 is 1.15 bits per heavy atom. The maximum absolute atomic E-state index is 14.9. The Hall–Kier alpha value is -2.52. The molecule has 1 fully saturated rings. The van der Waals surface area contributed by atoms with Gasteiger partial charge in [-0.05, 0) is 12.1 Å². The number of ether oxygens (including phenoxy) is 4. The van der Waals surface area contributed by atoms with Crippen LogP contribution in [0.4, 0.5) is 4.39 Å². The highest BCUT2D eigenvalue weighted by molar-refractivity contribution is 5.94. The Morgan fingerprint density at radius 3 is 2.37 bits per heavy atom. The zero-order valence-corrected chi connectivity index (χ0v) is 15.2. The molecule has 1 aliphatic heterocycles. The Bertz CT molecular complexity index is 669. The lowest BCUT2D eigenvalue weighted by molar-refractivity contribution is -0.254. The van der Waals surface area contributed by atoms with E-state index in [4.69, 9.17) is 18.9 Å². The molecule has 1 aromatic rings. The number of amides is 1. The highest BCUT2D eigenvalue weighted by Crippen LogP contribution is 2.27. The molecule has 148 valence electrons. The van der Waals surface area contributed by atoms with Gasteiger partial charge in [0.25, 0.3) is 5.91 Å². The van der Waals surface area contributed by atoms with E-state index in [-0.39, 0.29) is 6.61 Å². The number of methoxy groups -OCH3 is 1. The van der Waals surface area contributed by atoms with Crippen molar-refractivity contribution < 1.29 is 37.7 Å². The standard InChI is InChI=1S/C18H22FNO7/c1-10(21)25-9-13-14(19)16(26-11(2)22)15(18(24-3)27-13)20-17(23)12-7-5-4-6-8-12/h4-8,13-16,18H,9H2,1-3H3,(H,20,23)/t13-,14-,15-,16+,18+/m1/s1. The lowest BCUT2D eigenvalue weighted by Crippen LogP contribution is -2.64. The summed E-state index contributed by atoms with van der Waals surface area (Å²) >= 11 is 0. The second kappa shape index (κ2) is 9.43. The minimum atomic E-state index is -1.85. The molecule has 1 aliphatic rings. The van der Waals surface area contributed by atoms with Gasteiger partial charge >= 0.3 is 11.9 Å². The largest absolute Gasteiger partial charge is 0.463 e. The Balaban J connectivity index is 2.22. The fourth-order valence-electron chi connectivity index (χ4n) is 2.73. The first-order chi connectivity index (χ1) is 12.8. The van der Waals surface area contributed by atoms with Crippen LogP contribution in [0.5, 0.6) is 0 Å². The van der Waals surface area contributed by atoms with E-state index in [2.05, 4.69) is 5.32 Å². The maximum Gasteiger partial charge on any atom is 0.303 e. The molecule has 27 heavy (non-hydrogen) atoms. The number of benzene rings is 1. The van der Waals surface area contributed by atoms with E-state index in [1.165, 1.54) is 14.0 Å². The predicted molar refractivity (Wildman–Crippen MR) is 90.4 cm³/mol. The van der Waals surface area contributed by atoms with E-state index < -0.39 is 48.6 Å². The Labute approximate surface area is 155 Å². The van der Waals surface area contributed by atoms with Crippen LogP contribution in [0.1, 0.15) is 24.2 Å². The van der Waals surface area contributed by atoms with Crippen molar-refractivity contribution in [3.63, 3.8) is 0 Å². The molecular weight excluding hydrogens is 361 g/mol. The average Bonchev–Trinajstić information content (AvgIpc) is 2.64. The number of carbonyl (C=O) groups is 3. The van der Waals surface area contributed by atoms with Crippen LogP contribution in [0, 0.1) is 0 Å². The summed E-state index contributed by atoms with van der Waals surface area (Å²) in [4.78, 5) is 34.9. The number of hydrogen-bond donors (Lipinski definition) is 1. The van der Waals surface area contributed by atoms with Crippen LogP contribution in [-0.4, -0.2) is 62.3 Å². The van der Waals surface area contributed by atoms with Crippen LogP contribution < -0.4 is 5.32 Å². The lowest BCUT2D eigenvalue weighted by Gasteiger charge is -2.42. The summed E-state index contributed by atoms with van der Waals surface area (Å²) in [5.74, 6) is -1.85. The highest BCUT2D eigenvalue weighted by atomic mass is 19.1. The third kappa shape index (κ3) is 5.48. The van der Waals surface area contributed by atoms with E-state index in [0.717, 1.165) is 6.92 Å². The van der Waals surface area contributed by atoms with Gasteiger partial charge in [0.1, 0.15) is 18.8 Å². The first-order valence-electron chi connectivity index (χ1n) is 8.32. The van der Waals surface area contributed by atoms with Gasteiger partial charge < -0.3 is 24.3 Å². The molecule has 9 heteroatoms. The summed E-state index contributed by atoms with van der Waals surface area (Å²) in [6.45, 7) is 1.92. The van der Waals surface area contributed by atoms with E-state index in [1.807, 2.05) is 0 Å². The third-order valence-corrected chi connectivity index (χ3v) is 3.94. The number of carbonyl (C=O) groups excluding carboxylic acids is 3. The first kappa shape index (κ1) is 20.8. The van der Waals surface area contributed by atoms with Crippen molar-refractivity contribution in [3.05, 3.63) is 35.9 Å². The molecule has 0 aliphatic carbocycles. The fourth-order valence-corrected chi connectivity index (χ4v) is 2.73. The molecule has 0 unspecified atom stereocenters. The van der Waals surface area contributed by atoms with Crippen LogP contribution in [0.25, 0.3) is 0 Å². The summed E-state index contributed by atoms with van der Waals surface area (Å²) in [6, 6.07) is 7.16. The van der Waals surface area contributed by atoms with E-state index >= 15 is 0 Å². The van der Waals surface area contributed by atoms with Crippen LogP contribution in [0.2, 0.25) is 0 Å². The van der Waals surface area contributed by atoms with Crippen LogP contribution in [-0.2, 0) is 28.5 Å². The molecule has 0 spiro atoms. The molecule has 8 nitrogen and oxygen atoms in total. The minimum Gasteiger partial charge on any atom is -0.463 e. The second-order valence-electron chi connectivity index (χ2n) is 5.96. The molecule has 5 atom stereocenters. The summed E-state index contributed by atoms with van der Waals surface area (Å²) in [6.07, 6.45) is -5.56. The molecule has 2 rings (SSSR count). The SMILES string of the molecule is CO[C@H]1O[C@H](COC(C)=O)[C@@H](F)[C@H](OC(C)=O)[C@H]1NC(=O)c1ccccc1. The topological polar surface area (TPSA) is 100 Å². The number of nitrogens with one attached hydrogen (secondary N) is 1. The van der Waals surface area contributed by atoms with Gasteiger partial charge in [-0.3, -0.25) is 14.4 Å². The quantitative estimate of drug-likeness (QED) is 0.731. The third-order valence-electron chi connectivity index (χ3n) is 3.94. The van der Waals surface area contributed by atoms with Gasteiger partial charge in [-0.1, -0.05) is 18.2 Å². The lowest BCUT2D eigenvalue weighted by atomic mass is 9.97. The summed E-state index contributed by atoms with van der Waals surface area (Å²) in [5.41, 5.74) is 0.339. The number of esters is 2. The summed E-state index contributed by atoms with van der Waals surface area (Å²) < 4.78 is 35.5. The summed E-state index contributed by atoms with van der Waals surface area (Å²) in [7, 11) is 1.30. The summed E-state index contributed by atoms with van der Waals surface area (Å²) in [5, 5.41) is 2.59. The van der Waals surface area contributed by atoms with E-state index in [9.17, 15) is 18.8 Å². The van der Waals surface area contributed by atoms with Crippen molar-refractivity contribution in [3.8, 4) is 0 Å². The van der Waals surface area contributed by atoms with Gasteiger partial charge in [-0.2, -0.15) is 0 Å². The smallest absolute Gasteiger partial charge is 0.303 e. The number of halogens is 1. The average molecular weight is 383 g/mol. The van der Waals surface area contributed by atoms with Gasteiger partial charge in [0.05, 0.1) is 0 Å². The van der Waals surface area contributed by atoms with Crippen molar-refractivity contribution in [2.45, 2.75) is 44.6 Å². The van der Waals surface area contributed by atoms with Crippen LogP contribution in [0.15, 0.2) is 30.3 Å². The monoisotopic (exact) mass is 383 g/mol. The molecular formula is C18H22FNO7. The van der Waals surface area contributed by atoms with Gasteiger partial charge in [0.15, 0.2) is 18.6 Å². The molecule has 0 aromatic heterocycles. The van der Waals surface area contributed by atoms with Crippen molar-refractivity contribution in [2.24, 2.45) is 0 Å². The molecule has 0 saturated carbocycles. The Kier molecular flexibility index (Phi) is 7.26. The van der Waals surface area contributed by atoms with Gasteiger partial charge in [0.2, 0.25) is 0 Å². The number of alkyl halides is 1. The van der Waals surface area contributed by atoms with Crippen molar-refractivity contribution in [1.82, 2.24) is 5.32 Å². The van der Waals surface area contributed by atoms with Gasteiger partial charge in [-0.25, -0.2) is 4.39 Å². The number of rotatable bonds is 6. The molecule has 0 bridgehead atoms. The molecule has 1 amide bonds. The van der Waals surface area contributed by atoms with Crippen molar-refractivity contribution >= 4 is 17.8 Å². The Morgan fingerprint density at radius 2 is 1.81 bits per heavy atom. The van der Waals surface area contributed by atoms with Gasteiger partial charge in [0, 0.05) is 26.5 Å². The minimum absolute atomic E-state index is 0.339. The molecule has 1 heterocycles. The van der Waals surface area contributed by atoms with E-state index in [1.54, 1.807) is 30.3 Å². The zero-order valence-electron chi connectivity index (χ0n) is 15.2. The van der Waals surface area contributed by atoms with Crippen molar-refractivity contribution in [2.75, 3.05) is 13.7 Å². The van der Waals surface area contributed by atoms with Gasteiger partial charge in [-0.15, -0.1) is 0 Å². The second-order valence-corrected chi connectivity index (χ2v) is 5.96. The normalized spacial score (nSPS) is 27.5. The molecule has 1 saturated heterocycles. The van der Waals surface area contributed by atoms with Crippen molar-refractivity contribution in [1.29, 1.82) is 0 Å². The fraction of sp³-hybridized carbons (Fsp3) is 0.500. The predicted octanol–water partition coefficient (Wildman–Crippen LogP) is 0.989. The first-order valence-corrected chi connectivity index (χ1v) is 8.32. The van der Waals surface area contributed by atoms with Crippen LogP contribution in [0.3, 0.4) is 0 Å². The van der Waals surface area contributed by atoms with Crippen LogP contribution >= 0.6 is 0 Å². The molecule has 1 N–H and O–H groups in total. The highest BCUT2D eigenvalue weighted by Gasteiger charge is 2.49. The van der Waals surface area contributed by atoms with E-state index in [0.29, 0.717) is 5.56 Å². The number of hydrogen-bond acceptors (Lipinski definition) is 7. The zero-order chi connectivity index (χ0) is 20.0.